The number of hydrogen-bond donors (Lipinski definition) is 1. The molecule has 0 aromatic heterocycles. The number of hydrogen-bond acceptors (Lipinski definition) is 3. The largest absolute Gasteiger partial charge is 0.496 e. The van der Waals surface area contributed by atoms with Crippen molar-refractivity contribution >= 4 is 0 Å². The molecule has 1 atom stereocenters. The third-order valence-electron chi connectivity index (χ3n) is 4.28. The topological polar surface area (TPSA) is 38.5 Å². The summed E-state index contributed by atoms with van der Waals surface area (Å²) in [5.74, 6) is 1.47. The van der Waals surface area contributed by atoms with Crippen molar-refractivity contribution in [2.45, 2.75) is 45.1 Å². The smallest absolute Gasteiger partial charge is 0.122 e. The summed E-state index contributed by atoms with van der Waals surface area (Å²) in [5.41, 5.74) is 8.52. The number of nitrogens with two attached hydrogens (primary N) is 1. The summed E-state index contributed by atoms with van der Waals surface area (Å²) in [5, 5.41) is 0. The van der Waals surface area contributed by atoms with Gasteiger partial charge < -0.3 is 10.5 Å². The fourth-order valence-corrected chi connectivity index (χ4v) is 3.18. The molecule has 3 heteroatoms. The van der Waals surface area contributed by atoms with E-state index in [1.165, 1.54) is 37.1 Å². The van der Waals surface area contributed by atoms with E-state index in [4.69, 9.17) is 10.5 Å². The van der Waals surface area contributed by atoms with Crippen molar-refractivity contribution in [3.8, 4) is 5.75 Å². The van der Waals surface area contributed by atoms with Crippen molar-refractivity contribution in [1.82, 2.24) is 4.90 Å². The molecular formula is C17H28N2O. The van der Waals surface area contributed by atoms with Gasteiger partial charge in [-0.1, -0.05) is 26.0 Å². The predicted molar refractivity (Wildman–Crippen MR) is 84.3 cm³/mol. The third kappa shape index (κ3) is 3.33. The van der Waals surface area contributed by atoms with Gasteiger partial charge in [0.15, 0.2) is 0 Å². The predicted octanol–water partition coefficient (Wildman–Crippen LogP) is 3.30. The van der Waals surface area contributed by atoms with Crippen molar-refractivity contribution in [2.24, 2.45) is 5.73 Å². The zero-order chi connectivity index (χ0) is 14.5. The van der Waals surface area contributed by atoms with Gasteiger partial charge in [-0.25, -0.2) is 0 Å². The maximum Gasteiger partial charge on any atom is 0.122 e. The highest BCUT2D eigenvalue weighted by atomic mass is 16.5. The van der Waals surface area contributed by atoms with E-state index in [2.05, 4.69) is 36.9 Å². The van der Waals surface area contributed by atoms with Crippen LogP contribution in [0.1, 0.15) is 56.2 Å². The van der Waals surface area contributed by atoms with Crippen LogP contribution in [0.5, 0.6) is 5.75 Å². The van der Waals surface area contributed by atoms with E-state index in [1.54, 1.807) is 7.11 Å². The Labute approximate surface area is 123 Å². The van der Waals surface area contributed by atoms with Gasteiger partial charge in [-0.15, -0.1) is 0 Å². The standard InChI is InChI=1S/C17H28N2O/c1-13(2)15-12-14(6-7-17(15)20-3)16(8-9-18)19-10-4-5-11-19/h6-7,12-13,16H,4-5,8-11,18H2,1-3H3. The lowest BCUT2D eigenvalue weighted by molar-refractivity contribution is 0.235. The molecule has 1 aliphatic heterocycles. The normalized spacial score (nSPS) is 17.6. The van der Waals surface area contributed by atoms with E-state index in [-0.39, 0.29) is 0 Å². The van der Waals surface area contributed by atoms with E-state index in [9.17, 15) is 0 Å². The number of benzene rings is 1. The molecule has 1 heterocycles. The van der Waals surface area contributed by atoms with Gasteiger partial charge in [0.1, 0.15) is 5.75 Å². The first-order valence-corrected chi connectivity index (χ1v) is 7.79. The molecule has 0 radical (unpaired) electrons. The summed E-state index contributed by atoms with van der Waals surface area (Å²) >= 11 is 0. The second kappa shape index (κ2) is 7.09. The van der Waals surface area contributed by atoms with Crippen LogP contribution in [0.2, 0.25) is 0 Å². The van der Waals surface area contributed by atoms with Crippen molar-refractivity contribution < 1.29 is 4.74 Å². The fraction of sp³-hybridized carbons (Fsp3) is 0.647. The van der Waals surface area contributed by atoms with Crippen LogP contribution >= 0.6 is 0 Å². The Balaban J connectivity index is 2.30. The van der Waals surface area contributed by atoms with Crippen LogP contribution in [-0.2, 0) is 0 Å². The summed E-state index contributed by atoms with van der Waals surface area (Å²) in [7, 11) is 1.75. The van der Waals surface area contributed by atoms with Gasteiger partial charge in [0.2, 0.25) is 0 Å². The first-order valence-electron chi connectivity index (χ1n) is 7.79. The lowest BCUT2D eigenvalue weighted by Crippen LogP contribution is -2.27. The van der Waals surface area contributed by atoms with Crippen LogP contribution in [0.3, 0.4) is 0 Å². The molecular weight excluding hydrogens is 248 g/mol. The molecule has 20 heavy (non-hydrogen) atoms. The molecule has 1 aromatic carbocycles. The number of nitrogens with zero attached hydrogens (tertiary/aromatic N) is 1. The van der Waals surface area contributed by atoms with Crippen LogP contribution in [-0.4, -0.2) is 31.6 Å². The Hall–Kier alpha value is -1.06. The van der Waals surface area contributed by atoms with Crippen molar-refractivity contribution in [3.63, 3.8) is 0 Å². The van der Waals surface area contributed by atoms with Gasteiger partial charge in [-0.3, -0.25) is 4.90 Å². The van der Waals surface area contributed by atoms with Crippen molar-refractivity contribution in [1.29, 1.82) is 0 Å². The van der Waals surface area contributed by atoms with Gasteiger partial charge >= 0.3 is 0 Å². The molecule has 1 aromatic rings. The maximum absolute atomic E-state index is 5.84. The first-order chi connectivity index (χ1) is 9.67. The molecule has 0 amide bonds. The first kappa shape index (κ1) is 15.3. The summed E-state index contributed by atoms with van der Waals surface area (Å²) in [6.07, 6.45) is 3.66. The molecule has 0 aliphatic carbocycles. The van der Waals surface area contributed by atoms with Gasteiger partial charge in [0.25, 0.3) is 0 Å². The molecule has 1 saturated heterocycles. The van der Waals surface area contributed by atoms with E-state index >= 15 is 0 Å². The Morgan fingerprint density at radius 3 is 2.50 bits per heavy atom. The molecule has 1 fully saturated rings. The molecule has 0 bridgehead atoms. The summed E-state index contributed by atoms with van der Waals surface area (Å²) in [4.78, 5) is 2.58. The molecule has 2 N–H and O–H groups in total. The minimum absolute atomic E-state index is 0.464. The Morgan fingerprint density at radius 1 is 1.25 bits per heavy atom. The summed E-state index contributed by atoms with van der Waals surface area (Å²) in [6.45, 7) is 7.58. The molecule has 1 unspecified atom stereocenters. The van der Waals surface area contributed by atoms with Gasteiger partial charge in [0.05, 0.1) is 7.11 Å². The van der Waals surface area contributed by atoms with E-state index < -0.39 is 0 Å². The minimum Gasteiger partial charge on any atom is -0.496 e. The second-order valence-electron chi connectivity index (χ2n) is 5.99. The van der Waals surface area contributed by atoms with Gasteiger partial charge in [-0.05, 0) is 62.0 Å². The highest BCUT2D eigenvalue weighted by Gasteiger charge is 2.23. The lowest BCUT2D eigenvalue weighted by atomic mass is 9.94. The zero-order valence-electron chi connectivity index (χ0n) is 13.1. The molecule has 0 saturated carbocycles. The van der Waals surface area contributed by atoms with Crippen LogP contribution in [0.15, 0.2) is 18.2 Å². The van der Waals surface area contributed by atoms with Crippen molar-refractivity contribution in [3.05, 3.63) is 29.3 Å². The monoisotopic (exact) mass is 276 g/mol. The SMILES string of the molecule is COc1ccc(C(CCN)N2CCCC2)cc1C(C)C. The van der Waals surface area contributed by atoms with E-state index in [0.29, 0.717) is 12.0 Å². The Kier molecular flexibility index (Phi) is 5.44. The van der Waals surface area contributed by atoms with Crippen LogP contribution in [0.25, 0.3) is 0 Å². The Bertz CT molecular complexity index is 425. The quantitative estimate of drug-likeness (QED) is 0.866. The molecule has 1 aliphatic rings. The zero-order valence-corrected chi connectivity index (χ0v) is 13.1. The number of rotatable bonds is 6. The Morgan fingerprint density at radius 2 is 1.95 bits per heavy atom. The van der Waals surface area contributed by atoms with Gasteiger partial charge in [0, 0.05) is 6.04 Å². The lowest BCUT2D eigenvalue weighted by Gasteiger charge is -2.28. The average Bonchev–Trinajstić information content (AvgIpc) is 2.98. The third-order valence-corrected chi connectivity index (χ3v) is 4.28. The number of methoxy groups -OCH3 is 1. The molecule has 112 valence electrons. The maximum atomic E-state index is 5.84. The highest BCUT2D eigenvalue weighted by molar-refractivity contribution is 5.40. The number of likely N-dealkylation sites (tertiary alicyclic amines) is 1. The van der Waals surface area contributed by atoms with Crippen molar-refractivity contribution in [2.75, 3.05) is 26.7 Å². The van der Waals surface area contributed by atoms with E-state index in [1.807, 2.05) is 0 Å². The van der Waals surface area contributed by atoms with Crippen LogP contribution in [0.4, 0.5) is 0 Å². The van der Waals surface area contributed by atoms with Crippen LogP contribution < -0.4 is 10.5 Å². The van der Waals surface area contributed by atoms with E-state index in [0.717, 1.165) is 18.7 Å². The molecule has 2 rings (SSSR count). The average molecular weight is 276 g/mol. The van der Waals surface area contributed by atoms with Crippen LogP contribution in [0, 0.1) is 0 Å². The molecule has 3 nitrogen and oxygen atoms in total. The highest BCUT2D eigenvalue weighted by Crippen LogP contribution is 2.33. The van der Waals surface area contributed by atoms with Gasteiger partial charge in [-0.2, -0.15) is 0 Å². The summed E-state index contributed by atoms with van der Waals surface area (Å²) < 4.78 is 5.49. The minimum atomic E-state index is 0.464. The fourth-order valence-electron chi connectivity index (χ4n) is 3.18. The summed E-state index contributed by atoms with van der Waals surface area (Å²) in [6, 6.07) is 7.11. The number of ether oxygens (including phenoxy) is 1. The second-order valence-corrected chi connectivity index (χ2v) is 5.99. The molecule has 0 spiro atoms.